The monoisotopic (exact) mass is 271 g/mol. The molecule has 0 saturated carbocycles. The predicted octanol–water partition coefficient (Wildman–Crippen LogP) is 3.65. The molecule has 1 unspecified atom stereocenters. The van der Waals surface area contributed by atoms with E-state index in [1.54, 1.807) is 30.3 Å². The number of hydrogen-bond acceptors (Lipinski definition) is 3. The standard InChI is InChI=1S/C16H17NO3/c1-2-15(11-6-8-14(18)9-7-11)17-13-5-3-4-12(10-13)16(19)20/h3-10,15,17-18H,2H2,1H3,(H,19,20). The number of phenolic OH excluding ortho intramolecular Hbond substituents is 1. The van der Waals surface area contributed by atoms with E-state index in [0.29, 0.717) is 0 Å². The van der Waals surface area contributed by atoms with Crippen molar-refractivity contribution in [2.75, 3.05) is 5.32 Å². The van der Waals surface area contributed by atoms with Crippen LogP contribution in [0.4, 0.5) is 5.69 Å². The fourth-order valence-corrected chi connectivity index (χ4v) is 2.07. The van der Waals surface area contributed by atoms with Crippen LogP contribution in [0.15, 0.2) is 48.5 Å². The average molecular weight is 271 g/mol. The molecule has 104 valence electrons. The Kier molecular flexibility index (Phi) is 4.25. The molecule has 2 rings (SSSR count). The molecule has 0 saturated heterocycles. The molecule has 2 aromatic rings. The first kappa shape index (κ1) is 13.9. The summed E-state index contributed by atoms with van der Waals surface area (Å²) in [5.41, 5.74) is 2.08. The molecular formula is C16H17NO3. The molecule has 0 aliphatic rings. The highest BCUT2D eigenvalue weighted by atomic mass is 16.4. The minimum Gasteiger partial charge on any atom is -0.508 e. The van der Waals surface area contributed by atoms with Gasteiger partial charge in [-0.3, -0.25) is 0 Å². The van der Waals surface area contributed by atoms with Gasteiger partial charge in [0.05, 0.1) is 11.6 Å². The van der Waals surface area contributed by atoms with E-state index in [0.717, 1.165) is 17.7 Å². The fourth-order valence-electron chi connectivity index (χ4n) is 2.07. The van der Waals surface area contributed by atoms with E-state index in [4.69, 9.17) is 5.11 Å². The Hall–Kier alpha value is -2.49. The summed E-state index contributed by atoms with van der Waals surface area (Å²) in [5.74, 6) is -0.706. The molecule has 20 heavy (non-hydrogen) atoms. The fraction of sp³-hybridized carbons (Fsp3) is 0.188. The van der Waals surface area contributed by atoms with Crippen LogP contribution in [0.1, 0.15) is 35.3 Å². The number of carbonyl (C=O) groups is 1. The van der Waals surface area contributed by atoms with Crippen LogP contribution in [0.3, 0.4) is 0 Å². The van der Waals surface area contributed by atoms with Crippen molar-refractivity contribution in [3.8, 4) is 5.75 Å². The van der Waals surface area contributed by atoms with Gasteiger partial charge >= 0.3 is 5.97 Å². The zero-order valence-electron chi connectivity index (χ0n) is 11.2. The van der Waals surface area contributed by atoms with Gasteiger partial charge in [0.2, 0.25) is 0 Å². The third-order valence-electron chi connectivity index (χ3n) is 3.15. The molecule has 0 fully saturated rings. The lowest BCUT2D eigenvalue weighted by Crippen LogP contribution is -2.10. The van der Waals surface area contributed by atoms with Gasteiger partial charge in [-0.25, -0.2) is 4.79 Å². The number of nitrogens with one attached hydrogen (secondary N) is 1. The van der Waals surface area contributed by atoms with E-state index in [2.05, 4.69) is 5.32 Å². The second-order valence-electron chi connectivity index (χ2n) is 4.58. The lowest BCUT2D eigenvalue weighted by atomic mass is 10.0. The number of hydrogen-bond donors (Lipinski definition) is 3. The topological polar surface area (TPSA) is 69.6 Å². The summed E-state index contributed by atoms with van der Waals surface area (Å²) < 4.78 is 0. The summed E-state index contributed by atoms with van der Waals surface area (Å²) in [7, 11) is 0. The first-order valence-electron chi connectivity index (χ1n) is 6.49. The predicted molar refractivity (Wildman–Crippen MR) is 78.2 cm³/mol. The second kappa shape index (κ2) is 6.10. The number of rotatable bonds is 5. The van der Waals surface area contributed by atoms with Crippen LogP contribution in [0.25, 0.3) is 0 Å². The average Bonchev–Trinajstić information content (AvgIpc) is 2.46. The van der Waals surface area contributed by atoms with Crippen molar-refractivity contribution in [1.29, 1.82) is 0 Å². The van der Waals surface area contributed by atoms with E-state index >= 15 is 0 Å². The molecule has 4 heteroatoms. The molecule has 2 aromatic carbocycles. The van der Waals surface area contributed by atoms with Crippen molar-refractivity contribution in [3.05, 3.63) is 59.7 Å². The van der Waals surface area contributed by atoms with Crippen LogP contribution in [0.5, 0.6) is 5.75 Å². The van der Waals surface area contributed by atoms with Gasteiger partial charge in [0.25, 0.3) is 0 Å². The summed E-state index contributed by atoms with van der Waals surface area (Å²) in [6.45, 7) is 2.05. The van der Waals surface area contributed by atoms with Crippen molar-refractivity contribution < 1.29 is 15.0 Å². The molecule has 0 aromatic heterocycles. The van der Waals surface area contributed by atoms with E-state index in [9.17, 15) is 9.90 Å². The van der Waals surface area contributed by atoms with Gasteiger partial charge in [0.1, 0.15) is 5.75 Å². The number of carboxylic acids is 1. The minimum absolute atomic E-state index is 0.0691. The van der Waals surface area contributed by atoms with Crippen LogP contribution < -0.4 is 5.32 Å². The van der Waals surface area contributed by atoms with Crippen LogP contribution in [0.2, 0.25) is 0 Å². The molecule has 0 amide bonds. The highest BCUT2D eigenvalue weighted by molar-refractivity contribution is 5.88. The van der Waals surface area contributed by atoms with Crippen LogP contribution in [-0.2, 0) is 0 Å². The highest BCUT2D eigenvalue weighted by Crippen LogP contribution is 2.24. The largest absolute Gasteiger partial charge is 0.508 e. The van der Waals surface area contributed by atoms with Crippen LogP contribution >= 0.6 is 0 Å². The summed E-state index contributed by atoms with van der Waals surface area (Å²) in [4.78, 5) is 11.0. The summed E-state index contributed by atoms with van der Waals surface area (Å²) in [6.07, 6.45) is 0.849. The van der Waals surface area contributed by atoms with Crippen molar-refractivity contribution in [1.82, 2.24) is 0 Å². The van der Waals surface area contributed by atoms with E-state index in [1.807, 2.05) is 25.1 Å². The van der Waals surface area contributed by atoms with Gasteiger partial charge < -0.3 is 15.5 Å². The summed E-state index contributed by atoms with van der Waals surface area (Å²) in [5, 5.41) is 21.6. The van der Waals surface area contributed by atoms with Crippen molar-refractivity contribution in [2.24, 2.45) is 0 Å². The van der Waals surface area contributed by atoms with Gasteiger partial charge in [0, 0.05) is 5.69 Å². The number of benzene rings is 2. The number of carboxylic acid groups (broad SMARTS) is 1. The van der Waals surface area contributed by atoms with Crippen molar-refractivity contribution in [2.45, 2.75) is 19.4 Å². The molecule has 0 spiro atoms. The van der Waals surface area contributed by atoms with Gasteiger partial charge in [-0.1, -0.05) is 25.1 Å². The van der Waals surface area contributed by atoms with E-state index < -0.39 is 5.97 Å². The highest BCUT2D eigenvalue weighted by Gasteiger charge is 2.10. The van der Waals surface area contributed by atoms with E-state index in [-0.39, 0.29) is 17.4 Å². The molecule has 4 nitrogen and oxygen atoms in total. The molecule has 1 atom stereocenters. The number of anilines is 1. The maximum atomic E-state index is 11.0. The second-order valence-corrected chi connectivity index (χ2v) is 4.58. The van der Waals surface area contributed by atoms with Crippen molar-refractivity contribution in [3.63, 3.8) is 0 Å². The van der Waals surface area contributed by atoms with Crippen LogP contribution in [0, 0.1) is 0 Å². The molecule has 0 heterocycles. The molecule has 3 N–H and O–H groups in total. The zero-order chi connectivity index (χ0) is 14.5. The Morgan fingerprint density at radius 2 is 1.90 bits per heavy atom. The maximum Gasteiger partial charge on any atom is 0.335 e. The van der Waals surface area contributed by atoms with E-state index in [1.165, 1.54) is 0 Å². The van der Waals surface area contributed by atoms with Gasteiger partial charge in [-0.05, 0) is 42.3 Å². The minimum atomic E-state index is -0.939. The van der Waals surface area contributed by atoms with Gasteiger partial charge in [-0.15, -0.1) is 0 Å². The van der Waals surface area contributed by atoms with Gasteiger partial charge in [-0.2, -0.15) is 0 Å². The number of aromatic hydroxyl groups is 1. The van der Waals surface area contributed by atoms with Crippen LogP contribution in [-0.4, -0.2) is 16.2 Å². The zero-order valence-corrected chi connectivity index (χ0v) is 11.2. The molecule has 0 radical (unpaired) electrons. The normalized spacial score (nSPS) is 11.8. The lowest BCUT2D eigenvalue weighted by Gasteiger charge is -2.19. The Balaban J connectivity index is 2.19. The molecule has 0 aliphatic carbocycles. The summed E-state index contributed by atoms with van der Waals surface area (Å²) in [6, 6.07) is 13.8. The molecular weight excluding hydrogens is 254 g/mol. The lowest BCUT2D eigenvalue weighted by molar-refractivity contribution is 0.0697. The first-order chi connectivity index (χ1) is 9.60. The summed E-state index contributed by atoms with van der Waals surface area (Å²) >= 11 is 0. The third kappa shape index (κ3) is 3.29. The molecule has 0 bridgehead atoms. The number of phenols is 1. The quantitative estimate of drug-likeness (QED) is 0.776. The Morgan fingerprint density at radius 1 is 1.20 bits per heavy atom. The third-order valence-corrected chi connectivity index (χ3v) is 3.15. The SMILES string of the molecule is CCC(Nc1cccc(C(=O)O)c1)c1ccc(O)cc1. The van der Waals surface area contributed by atoms with Gasteiger partial charge in [0.15, 0.2) is 0 Å². The smallest absolute Gasteiger partial charge is 0.335 e. The number of aromatic carboxylic acids is 1. The Labute approximate surface area is 117 Å². The first-order valence-corrected chi connectivity index (χ1v) is 6.49. The van der Waals surface area contributed by atoms with Crippen molar-refractivity contribution >= 4 is 11.7 Å². The maximum absolute atomic E-state index is 11.0. The Bertz CT molecular complexity index is 593. The Morgan fingerprint density at radius 3 is 2.50 bits per heavy atom. The molecule has 0 aliphatic heterocycles.